The first-order valence-corrected chi connectivity index (χ1v) is 9.23. The zero-order valence-electron chi connectivity index (χ0n) is 17.4. The van der Waals surface area contributed by atoms with Crippen molar-refractivity contribution in [3.63, 3.8) is 0 Å². The molecule has 5 nitrogen and oxygen atoms in total. The van der Waals surface area contributed by atoms with Gasteiger partial charge in [-0.05, 0) is 44.7 Å². The second-order valence-electron chi connectivity index (χ2n) is 7.94. The van der Waals surface area contributed by atoms with E-state index in [0.717, 1.165) is 6.07 Å². The Labute approximate surface area is 165 Å². The van der Waals surface area contributed by atoms with Crippen LogP contribution >= 0.6 is 0 Å². The summed E-state index contributed by atoms with van der Waals surface area (Å²) in [7, 11) is 3.38. The van der Waals surface area contributed by atoms with Crippen molar-refractivity contribution in [2.45, 2.75) is 51.7 Å². The topological polar surface area (TPSA) is 56.7 Å². The van der Waals surface area contributed by atoms with E-state index in [0.29, 0.717) is 24.5 Å². The van der Waals surface area contributed by atoms with Gasteiger partial charge < -0.3 is 15.5 Å². The Bertz CT molecular complexity index is 681. The van der Waals surface area contributed by atoms with E-state index in [-0.39, 0.29) is 23.9 Å². The summed E-state index contributed by atoms with van der Waals surface area (Å²) in [5.41, 5.74) is -0.301. The van der Waals surface area contributed by atoms with E-state index in [2.05, 4.69) is 15.6 Å². The van der Waals surface area contributed by atoms with Crippen molar-refractivity contribution in [3.05, 3.63) is 35.4 Å². The van der Waals surface area contributed by atoms with Crippen LogP contribution in [0.3, 0.4) is 0 Å². The summed E-state index contributed by atoms with van der Waals surface area (Å²) in [5.74, 6) is 0.387. The summed E-state index contributed by atoms with van der Waals surface area (Å²) < 4.78 is 38.6. The summed E-state index contributed by atoms with van der Waals surface area (Å²) in [6.45, 7) is 8.29. The first kappa shape index (κ1) is 23.8. The Kier molecular flexibility index (Phi) is 8.32. The number of halogens is 3. The molecule has 0 saturated heterocycles. The van der Waals surface area contributed by atoms with Crippen LogP contribution in [-0.2, 0) is 11.0 Å². The monoisotopic (exact) mass is 400 g/mol. The first-order chi connectivity index (χ1) is 12.8. The fourth-order valence-electron chi connectivity index (χ4n) is 2.72. The molecular weight excluding hydrogens is 369 g/mol. The molecule has 1 amide bonds. The SMILES string of the molecule is CN=C(NCCC(C)c1cccc(C(F)(F)F)c1)N(C)CC(=O)NC(C)(C)C. The maximum absolute atomic E-state index is 12.9. The Balaban J connectivity index is 2.57. The van der Waals surface area contributed by atoms with Crippen LogP contribution in [0.2, 0.25) is 0 Å². The van der Waals surface area contributed by atoms with E-state index in [4.69, 9.17) is 0 Å². The fourth-order valence-corrected chi connectivity index (χ4v) is 2.72. The summed E-state index contributed by atoms with van der Waals surface area (Å²) in [5, 5.41) is 6.04. The van der Waals surface area contributed by atoms with Crippen LogP contribution in [0.1, 0.15) is 51.2 Å². The van der Waals surface area contributed by atoms with E-state index in [1.165, 1.54) is 12.1 Å². The second kappa shape index (κ2) is 9.80. The van der Waals surface area contributed by atoms with Crippen molar-refractivity contribution < 1.29 is 18.0 Å². The molecule has 158 valence electrons. The maximum atomic E-state index is 12.9. The molecule has 1 atom stereocenters. The average Bonchev–Trinajstić information content (AvgIpc) is 2.56. The minimum atomic E-state index is -4.34. The predicted octanol–water partition coefficient (Wildman–Crippen LogP) is 3.62. The van der Waals surface area contributed by atoms with Gasteiger partial charge in [0.1, 0.15) is 0 Å². The largest absolute Gasteiger partial charge is 0.416 e. The van der Waals surface area contributed by atoms with E-state index in [9.17, 15) is 18.0 Å². The quantitative estimate of drug-likeness (QED) is 0.566. The summed E-state index contributed by atoms with van der Waals surface area (Å²) in [6, 6.07) is 5.41. The summed E-state index contributed by atoms with van der Waals surface area (Å²) in [6.07, 6.45) is -3.71. The van der Waals surface area contributed by atoms with Crippen molar-refractivity contribution in [2.24, 2.45) is 4.99 Å². The van der Waals surface area contributed by atoms with Gasteiger partial charge in [-0.1, -0.05) is 25.1 Å². The highest BCUT2D eigenvalue weighted by atomic mass is 19.4. The number of carbonyl (C=O) groups excluding carboxylic acids is 1. The first-order valence-electron chi connectivity index (χ1n) is 9.23. The van der Waals surface area contributed by atoms with Crippen LogP contribution in [0.25, 0.3) is 0 Å². The van der Waals surface area contributed by atoms with Crippen LogP contribution < -0.4 is 10.6 Å². The van der Waals surface area contributed by atoms with Crippen LogP contribution in [0.5, 0.6) is 0 Å². The molecule has 0 fully saturated rings. The molecule has 0 saturated carbocycles. The van der Waals surface area contributed by atoms with E-state index in [1.807, 2.05) is 27.7 Å². The molecule has 2 N–H and O–H groups in total. The number of alkyl halides is 3. The number of likely N-dealkylation sites (N-methyl/N-ethyl adjacent to an activating group) is 1. The molecule has 0 aliphatic carbocycles. The molecular formula is C20H31F3N4O. The third-order valence-corrected chi connectivity index (χ3v) is 4.11. The highest BCUT2D eigenvalue weighted by Gasteiger charge is 2.30. The fraction of sp³-hybridized carbons (Fsp3) is 0.600. The van der Waals surface area contributed by atoms with Gasteiger partial charge >= 0.3 is 6.18 Å². The lowest BCUT2D eigenvalue weighted by atomic mass is 9.96. The third kappa shape index (κ3) is 8.19. The molecule has 8 heteroatoms. The summed E-state index contributed by atoms with van der Waals surface area (Å²) in [4.78, 5) is 17.9. The van der Waals surface area contributed by atoms with E-state index in [1.54, 1.807) is 25.1 Å². The molecule has 1 aromatic carbocycles. The molecule has 1 unspecified atom stereocenters. The molecule has 0 aromatic heterocycles. The van der Waals surface area contributed by atoms with E-state index < -0.39 is 11.7 Å². The second-order valence-corrected chi connectivity index (χ2v) is 7.94. The summed E-state index contributed by atoms with van der Waals surface area (Å²) >= 11 is 0. The zero-order valence-corrected chi connectivity index (χ0v) is 17.4. The Morgan fingerprint density at radius 2 is 1.89 bits per heavy atom. The predicted molar refractivity (Wildman–Crippen MR) is 106 cm³/mol. The smallest absolute Gasteiger partial charge is 0.356 e. The van der Waals surface area contributed by atoms with Crippen molar-refractivity contribution in [3.8, 4) is 0 Å². The van der Waals surface area contributed by atoms with Gasteiger partial charge in [-0.25, -0.2) is 0 Å². The average molecular weight is 400 g/mol. The number of carbonyl (C=O) groups is 1. The molecule has 28 heavy (non-hydrogen) atoms. The van der Waals surface area contributed by atoms with Crippen molar-refractivity contribution in [2.75, 3.05) is 27.2 Å². The highest BCUT2D eigenvalue weighted by Crippen LogP contribution is 2.31. The number of benzene rings is 1. The van der Waals surface area contributed by atoms with Crippen LogP contribution in [0.15, 0.2) is 29.3 Å². The van der Waals surface area contributed by atoms with Gasteiger partial charge in [0.25, 0.3) is 0 Å². The normalized spacial score (nSPS) is 13.8. The lowest BCUT2D eigenvalue weighted by Crippen LogP contribution is -2.48. The molecule has 0 aliphatic heterocycles. The Morgan fingerprint density at radius 3 is 2.43 bits per heavy atom. The van der Waals surface area contributed by atoms with Gasteiger partial charge in [-0.15, -0.1) is 0 Å². The molecule has 1 rings (SSSR count). The minimum Gasteiger partial charge on any atom is -0.356 e. The molecule has 0 spiro atoms. The van der Waals surface area contributed by atoms with Gasteiger partial charge in [0.15, 0.2) is 5.96 Å². The van der Waals surface area contributed by atoms with Crippen molar-refractivity contribution in [1.82, 2.24) is 15.5 Å². The highest BCUT2D eigenvalue weighted by molar-refractivity contribution is 5.86. The number of hydrogen-bond donors (Lipinski definition) is 2. The minimum absolute atomic E-state index is 0.0533. The van der Waals surface area contributed by atoms with Gasteiger partial charge in [0.2, 0.25) is 5.91 Å². The van der Waals surface area contributed by atoms with Crippen LogP contribution in [0.4, 0.5) is 13.2 Å². The number of guanidine groups is 1. The lowest BCUT2D eigenvalue weighted by Gasteiger charge is -2.25. The Morgan fingerprint density at radius 1 is 1.25 bits per heavy atom. The third-order valence-electron chi connectivity index (χ3n) is 4.11. The number of rotatable bonds is 6. The molecule has 0 heterocycles. The standard InChI is InChI=1S/C20H31F3N4O/c1-14(15-8-7-9-16(12-15)20(21,22)23)10-11-25-18(24-5)27(6)13-17(28)26-19(2,3)4/h7-9,12,14H,10-11,13H2,1-6H3,(H,24,25)(H,26,28). The molecule has 0 aliphatic rings. The van der Waals surface area contributed by atoms with Gasteiger partial charge in [0, 0.05) is 26.2 Å². The zero-order chi connectivity index (χ0) is 21.5. The van der Waals surface area contributed by atoms with Crippen LogP contribution in [-0.4, -0.2) is 49.5 Å². The number of amides is 1. The van der Waals surface area contributed by atoms with Crippen LogP contribution in [0, 0.1) is 0 Å². The van der Waals surface area contributed by atoms with Crippen molar-refractivity contribution >= 4 is 11.9 Å². The number of aliphatic imine (C=N–C) groups is 1. The molecule has 0 bridgehead atoms. The van der Waals surface area contributed by atoms with Gasteiger partial charge in [0.05, 0.1) is 12.1 Å². The number of hydrogen-bond acceptors (Lipinski definition) is 2. The van der Waals surface area contributed by atoms with Gasteiger partial charge in [-0.2, -0.15) is 13.2 Å². The van der Waals surface area contributed by atoms with Gasteiger partial charge in [-0.3, -0.25) is 9.79 Å². The Hall–Kier alpha value is -2.25. The lowest BCUT2D eigenvalue weighted by molar-refractivity contribution is -0.137. The number of nitrogens with one attached hydrogen (secondary N) is 2. The molecule has 0 radical (unpaired) electrons. The van der Waals surface area contributed by atoms with Crippen molar-refractivity contribution in [1.29, 1.82) is 0 Å². The molecule has 1 aromatic rings. The van der Waals surface area contributed by atoms with E-state index >= 15 is 0 Å². The number of nitrogens with zero attached hydrogens (tertiary/aromatic N) is 2. The maximum Gasteiger partial charge on any atom is 0.416 e.